The quantitative estimate of drug-likeness (QED) is 0.621. The molecule has 1 fully saturated rings. The summed E-state index contributed by atoms with van der Waals surface area (Å²) in [5, 5.41) is 18.1. The molecule has 0 radical (unpaired) electrons. The average molecular weight is 245 g/mol. The Balaban J connectivity index is 2.17. The lowest BCUT2D eigenvalue weighted by Gasteiger charge is -2.21. The Hall–Kier alpha value is -2.22. The van der Waals surface area contributed by atoms with Gasteiger partial charge in [0.15, 0.2) is 0 Å². The Morgan fingerprint density at radius 3 is 2.83 bits per heavy atom. The largest absolute Gasteiger partial charge is 0.506 e. The molecule has 5 nitrogen and oxygen atoms in total. The average Bonchev–Trinajstić information content (AvgIpc) is 3.17. The second kappa shape index (κ2) is 4.96. The van der Waals surface area contributed by atoms with E-state index in [-0.39, 0.29) is 23.4 Å². The lowest BCUT2D eigenvalue weighted by atomic mass is 10.1. The SMILES string of the molecule is N#CCCN(C(=O)c1ccc(N)c(O)c1)C1CC1. The summed E-state index contributed by atoms with van der Waals surface area (Å²) in [6.45, 7) is 0.436. The van der Waals surface area contributed by atoms with Crippen molar-refractivity contribution in [2.45, 2.75) is 25.3 Å². The van der Waals surface area contributed by atoms with Gasteiger partial charge < -0.3 is 15.7 Å². The van der Waals surface area contributed by atoms with Crippen LogP contribution in [0.25, 0.3) is 0 Å². The van der Waals surface area contributed by atoms with Gasteiger partial charge in [0.25, 0.3) is 5.91 Å². The van der Waals surface area contributed by atoms with Crippen LogP contribution in [-0.4, -0.2) is 28.5 Å². The molecule has 0 saturated heterocycles. The molecular formula is C13H15N3O2. The smallest absolute Gasteiger partial charge is 0.254 e. The zero-order chi connectivity index (χ0) is 13.1. The Kier molecular flexibility index (Phi) is 3.38. The molecule has 18 heavy (non-hydrogen) atoms. The van der Waals surface area contributed by atoms with E-state index < -0.39 is 0 Å². The van der Waals surface area contributed by atoms with Crippen molar-refractivity contribution in [3.63, 3.8) is 0 Å². The van der Waals surface area contributed by atoms with Crippen LogP contribution in [0.3, 0.4) is 0 Å². The number of hydrogen-bond donors (Lipinski definition) is 2. The molecule has 3 N–H and O–H groups in total. The van der Waals surface area contributed by atoms with E-state index >= 15 is 0 Å². The number of phenols is 1. The van der Waals surface area contributed by atoms with Crippen LogP contribution >= 0.6 is 0 Å². The van der Waals surface area contributed by atoms with Crippen molar-refractivity contribution in [3.05, 3.63) is 23.8 Å². The number of phenolic OH excluding ortho intramolecular Hbond substituents is 1. The minimum atomic E-state index is -0.150. The van der Waals surface area contributed by atoms with E-state index in [9.17, 15) is 9.90 Å². The molecule has 1 aliphatic rings. The lowest BCUT2D eigenvalue weighted by molar-refractivity contribution is 0.0746. The molecule has 1 aromatic carbocycles. The number of benzene rings is 1. The van der Waals surface area contributed by atoms with Gasteiger partial charge in [-0.05, 0) is 31.0 Å². The normalized spacial score (nSPS) is 13.9. The molecule has 0 spiro atoms. The summed E-state index contributed by atoms with van der Waals surface area (Å²) in [4.78, 5) is 14.0. The van der Waals surface area contributed by atoms with Gasteiger partial charge in [0, 0.05) is 18.2 Å². The van der Waals surface area contributed by atoms with Crippen molar-refractivity contribution in [1.29, 1.82) is 5.26 Å². The molecule has 0 unspecified atom stereocenters. The second-order valence-corrected chi connectivity index (χ2v) is 4.41. The number of amides is 1. The number of anilines is 1. The maximum Gasteiger partial charge on any atom is 0.254 e. The van der Waals surface area contributed by atoms with E-state index in [1.165, 1.54) is 12.1 Å². The van der Waals surface area contributed by atoms with Crippen LogP contribution in [0.1, 0.15) is 29.6 Å². The topological polar surface area (TPSA) is 90.4 Å². The van der Waals surface area contributed by atoms with Gasteiger partial charge >= 0.3 is 0 Å². The third kappa shape index (κ3) is 2.54. The van der Waals surface area contributed by atoms with Crippen molar-refractivity contribution >= 4 is 11.6 Å². The van der Waals surface area contributed by atoms with Gasteiger partial charge in [-0.2, -0.15) is 5.26 Å². The molecule has 0 atom stereocenters. The minimum absolute atomic E-state index is 0.0862. The van der Waals surface area contributed by atoms with Crippen molar-refractivity contribution < 1.29 is 9.90 Å². The number of carbonyl (C=O) groups excluding carboxylic acids is 1. The summed E-state index contributed by atoms with van der Waals surface area (Å²) in [6, 6.07) is 6.77. The van der Waals surface area contributed by atoms with Crippen molar-refractivity contribution in [2.24, 2.45) is 0 Å². The second-order valence-electron chi connectivity index (χ2n) is 4.41. The first-order chi connectivity index (χ1) is 8.63. The summed E-state index contributed by atoms with van der Waals surface area (Å²) >= 11 is 0. The molecule has 1 saturated carbocycles. The van der Waals surface area contributed by atoms with Gasteiger partial charge in [-0.25, -0.2) is 0 Å². The minimum Gasteiger partial charge on any atom is -0.506 e. The number of hydrogen-bond acceptors (Lipinski definition) is 4. The molecule has 94 valence electrons. The summed E-state index contributed by atoms with van der Waals surface area (Å²) in [5.41, 5.74) is 6.16. The van der Waals surface area contributed by atoms with Crippen LogP contribution in [0.2, 0.25) is 0 Å². The van der Waals surface area contributed by atoms with Crippen LogP contribution in [0.4, 0.5) is 5.69 Å². The molecule has 1 aliphatic carbocycles. The number of nitriles is 1. The predicted molar refractivity (Wildman–Crippen MR) is 66.8 cm³/mol. The van der Waals surface area contributed by atoms with E-state index in [1.807, 2.05) is 6.07 Å². The zero-order valence-electron chi connectivity index (χ0n) is 9.97. The van der Waals surface area contributed by atoms with Gasteiger partial charge in [-0.1, -0.05) is 0 Å². The molecule has 0 aromatic heterocycles. The van der Waals surface area contributed by atoms with Gasteiger partial charge in [0.1, 0.15) is 5.75 Å². The fraction of sp³-hybridized carbons (Fsp3) is 0.385. The molecule has 2 rings (SSSR count). The first kappa shape index (κ1) is 12.2. The van der Waals surface area contributed by atoms with Gasteiger partial charge in [-0.3, -0.25) is 4.79 Å². The molecule has 1 amide bonds. The molecule has 0 aliphatic heterocycles. The Morgan fingerprint density at radius 1 is 1.56 bits per heavy atom. The maximum atomic E-state index is 12.3. The van der Waals surface area contributed by atoms with E-state index in [2.05, 4.69) is 0 Å². The summed E-state index contributed by atoms with van der Waals surface area (Å²) in [6.07, 6.45) is 2.29. The zero-order valence-corrected chi connectivity index (χ0v) is 9.97. The Labute approximate surface area is 105 Å². The van der Waals surface area contributed by atoms with Crippen LogP contribution in [0.15, 0.2) is 18.2 Å². The fourth-order valence-electron chi connectivity index (χ4n) is 1.85. The van der Waals surface area contributed by atoms with Crippen LogP contribution in [0.5, 0.6) is 5.75 Å². The third-order valence-electron chi connectivity index (χ3n) is 2.99. The van der Waals surface area contributed by atoms with Crippen LogP contribution in [0, 0.1) is 11.3 Å². The highest BCUT2D eigenvalue weighted by molar-refractivity contribution is 5.95. The standard InChI is InChI=1S/C13H15N3O2/c14-6-1-7-16(10-3-4-10)13(18)9-2-5-11(15)12(17)8-9/h2,5,8,10,17H,1,3-4,7,15H2. The van der Waals surface area contributed by atoms with Gasteiger partial charge in [-0.15, -0.1) is 0 Å². The van der Waals surface area contributed by atoms with E-state index in [1.54, 1.807) is 11.0 Å². The maximum absolute atomic E-state index is 12.3. The molecule has 0 bridgehead atoms. The van der Waals surface area contributed by atoms with Crippen molar-refractivity contribution in [1.82, 2.24) is 4.90 Å². The van der Waals surface area contributed by atoms with E-state index in [0.717, 1.165) is 12.8 Å². The number of nitrogens with zero attached hydrogens (tertiary/aromatic N) is 2. The highest BCUT2D eigenvalue weighted by Gasteiger charge is 2.32. The first-order valence-electron chi connectivity index (χ1n) is 5.90. The molecule has 1 aromatic rings. The van der Waals surface area contributed by atoms with Gasteiger partial charge in [0.2, 0.25) is 0 Å². The Morgan fingerprint density at radius 2 is 2.28 bits per heavy atom. The lowest BCUT2D eigenvalue weighted by Crippen LogP contribution is -2.33. The van der Waals surface area contributed by atoms with E-state index in [4.69, 9.17) is 11.0 Å². The summed E-state index contributed by atoms with van der Waals surface area (Å²) in [5.74, 6) is -0.236. The Bertz CT molecular complexity index is 503. The summed E-state index contributed by atoms with van der Waals surface area (Å²) in [7, 11) is 0. The third-order valence-corrected chi connectivity index (χ3v) is 2.99. The fourth-order valence-corrected chi connectivity index (χ4v) is 1.85. The van der Waals surface area contributed by atoms with Gasteiger partial charge in [0.05, 0.1) is 18.2 Å². The highest BCUT2D eigenvalue weighted by Crippen LogP contribution is 2.29. The number of nitrogen functional groups attached to an aromatic ring is 1. The first-order valence-corrected chi connectivity index (χ1v) is 5.90. The van der Waals surface area contributed by atoms with Crippen LogP contribution in [-0.2, 0) is 0 Å². The van der Waals surface area contributed by atoms with Crippen LogP contribution < -0.4 is 5.73 Å². The summed E-state index contributed by atoms with van der Waals surface area (Å²) < 4.78 is 0. The number of carbonyl (C=O) groups is 1. The number of aromatic hydroxyl groups is 1. The predicted octanol–water partition coefficient (Wildman–Crippen LogP) is 1.49. The molecule has 5 heteroatoms. The van der Waals surface area contributed by atoms with Crippen molar-refractivity contribution in [2.75, 3.05) is 12.3 Å². The number of rotatable bonds is 4. The monoisotopic (exact) mass is 245 g/mol. The molecule has 0 heterocycles. The highest BCUT2D eigenvalue weighted by atomic mass is 16.3. The molecular weight excluding hydrogens is 230 g/mol. The number of nitrogens with two attached hydrogens (primary N) is 1. The van der Waals surface area contributed by atoms with E-state index in [0.29, 0.717) is 18.5 Å². The van der Waals surface area contributed by atoms with Crippen molar-refractivity contribution in [3.8, 4) is 11.8 Å².